The molecule has 6 heteroatoms. The van der Waals surface area contributed by atoms with E-state index in [4.69, 9.17) is 4.74 Å². The Morgan fingerprint density at radius 3 is 2.58 bits per heavy atom. The molecule has 0 radical (unpaired) electrons. The van der Waals surface area contributed by atoms with Gasteiger partial charge in [0.15, 0.2) is 0 Å². The van der Waals surface area contributed by atoms with E-state index in [1.807, 2.05) is 37.2 Å². The number of hydrogen-bond acceptors (Lipinski definition) is 4. The number of ether oxygens (including phenoxy) is 1. The van der Waals surface area contributed by atoms with Gasteiger partial charge in [-0.3, -0.25) is 0 Å². The second-order valence-electron chi connectivity index (χ2n) is 6.36. The molecule has 1 aliphatic rings. The molecule has 1 heterocycles. The van der Waals surface area contributed by atoms with E-state index in [1.54, 1.807) is 7.11 Å². The topological polar surface area (TPSA) is 48.1 Å². The largest absolute Gasteiger partial charge is 0.497 e. The molecule has 1 N–H and O–H groups in total. The summed E-state index contributed by atoms with van der Waals surface area (Å²) in [5, 5.41) is 3.09. The minimum Gasteiger partial charge on any atom is -0.497 e. The van der Waals surface area contributed by atoms with Crippen LogP contribution < -0.4 is 10.1 Å². The molecule has 1 fully saturated rings. The Morgan fingerprint density at radius 2 is 2.00 bits per heavy atom. The molecule has 0 saturated carbocycles. The third-order valence-corrected chi connectivity index (χ3v) is 4.66. The highest BCUT2D eigenvalue weighted by Crippen LogP contribution is 2.22. The average Bonchev–Trinajstić information content (AvgIpc) is 2.61. The van der Waals surface area contributed by atoms with Crippen LogP contribution in [0.2, 0.25) is 0 Å². The van der Waals surface area contributed by atoms with Gasteiger partial charge in [-0.15, -0.1) is 0 Å². The van der Waals surface area contributed by atoms with Crippen molar-refractivity contribution in [3.05, 3.63) is 29.8 Å². The SMILES string of the molecule is CCN1CCN(C(=O)NCC(c2cccc(OC)c2)N(C)C)CC1. The minimum atomic E-state index is 0.0282. The third kappa shape index (κ3) is 4.85. The minimum absolute atomic E-state index is 0.0282. The molecule has 0 bridgehead atoms. The van der Waals surface area contributed by atoms with Crippen molar-refractivity contribution >= 4 is 6.03 Å². The van der Waals surface area contributed by atoms with Gasteiger partial charge in [-0.05, 0) is 38.3 Å². The Kier molecular flexibility index (Phi) is 6.87. The lowest BCUT2D eigenvalue weighted by molar-refractivity contribution is 0.141. The number of nitrogens with zero attached hydrogens (tertiary/aromatic N) is 3. The fourth-order valence-corrected chi connectivity index (χ4v) is 3.01. The van der Waals surface area contributed by atoms with Gasteiger partial charge in [0.2, 0.25) is 0 Å². The molecule has 24 heavy (non-hydrogen) atoms. The molecule has 2 rings (SSSR count). The van der Waals surface area contributed by atoms with Crippen molar-refractivity contribution in [2.75, 3.05) is 60.5 Å². The Morgan fingerprint density at radius 1 is 1.29 bits per heavy atom. The number of rotatable bonds is 6. The summed E-state index contributed by atoms with van der Waals surface area (Å²) in [5.41, 5.74) is 1.13. The van der Waals surface area contributed by atoms with Crippen LogP contribution in [-0.2, 0) is 0 Å². The summed E-state index contributed by atoms with van der Waals surface area (Å²) in [6.45, 7) is 7.29. The number of carbonyl (C=O) groups is 1. The van der Waals surface area contributed by atoms with Gasteiger partial charge in [0, 0.05) is 32.7 Å². The maximum Gasteiger partial charge on any atom is 0.317 e. The van der Waals surface area contributed by atoms with E-state index < -0.39 is 0 Å². The third-order valence-electron chi connectivity index (χ3n) is 4.66. The molecule has 1 unspecified atom stereocenters. The fourth-order valence-electron chi connectivity index (χ4n) is 3.01. The predicted molar refractivity (Wildman–Crippen MR) is 96.5 cm³/mol. The lowest BCUT2D eigenvalue weighted by Gasteiger charge is -2.34. The van der Waals surface area contributed by atoms with Crippen molar-refractivity contribution < 1.29 is 9.53 Å². The Bertz CT molecular complexity index is 528. The average molecular weight is 334 g/mol. The zero-order chi connectivity index (χ0) is 17.5. The van der Waals surface area contributed by atoms with Crippen LogP contribution in [0.1, 0.15) is 18.5 Å². The Labute approximate surface area is 145 Å². The lowest BCUT2D eigenvalue weighted by Crippen LogP contribution is -2.52. The zero-order valence-electron chi connectivity index (χ0n) is 15.3. The summed E-state index contributed by atoms with van der Waals surface area (Å²) < 4.78 is 5.31. The number of likely N-dealkylation sites (N-methyl/N-ethyl adjacent to an activating group) is 2. The van der Waals surface area contributed by atoms with E-state index in [9.17, 15) is 4.79 Å². The first-order valence-electron chi connectivity index (χ1n) is 8.60. The van der Waals surface area contributed by atoms with Gasteiger partial charge in [-0.1, -0.05) is 19.1 Å². The van der Waals surface area contributed by atoms with E-state index in [1.165, 1.54) is 0 Å². The normalized spacial score (nSPS) is 17.0. The van der Waals surface area contributed by atoms with Crippen LogP contribution in [0.4, 0.5) is 4.79 Å². The highest BCUT2D eigenvalue weighted by molar-refractivity contribution is 5.74. The van der Waals surface area contributed by atoms with Gasteiger partial charge in [-0.25, -0.2) is 4.79 Å². The molecule has 0 aromatic heterocycles. The first-order chi connectivity index (χ1) is 11.5. The molecule has 134 valence electrons. The van der Waals surface area contributed by atoms with Crippen LogP contribution in [-0.4, -0.2) is 81.2 Å². The second kappa shape index (κ2) is 8.89. The fraction of sp³-hybridized carbons (Fsp3) is 0.611. The highest BCUT2D eigenvalue weighted by atomic mass is 16.5. The predicted octanol–water partition coefficient (Wildman–Crippen LogP) is 1.64. The number of piperazine rings is 1. The van der Waals surface area contributed by atoms with Gasteiger partial charge >= 0.3 is 6.03 Å². The molecule has 1 atom stereocenters. The van der Waals surface area contributed by atoms with Crippen molar-refractivity contribution in [1.82, 2.24) is 20.0 Å². The van der Waals surface area contributed by atoms with Crippen molar-refractivity contribution in [1.29, 1.82) is 0 Å². The molecule has 1 aromatic carbocycles. The smallest absolute Gasteiger partial charge is 0.317 e. The molecule has 1 aliphatic heterocycles. The second-order valence-corrected chi connectivity index (χ2v) is 6.36. The van der Waals surface area contributed by atoms with Crippen molar-refractivity contribution in [2.24, 2.45) is 0 Å². The quantitative estimate of drug-likeness (QED) is 0.859. The van der Waals surface area contributed by atoms with Crippen molar-refractivity contribution in [2.45, 2.75) is 13.0 Å². The molecular formula is C18H30N4O2. The van der Waals surface area contributed by atoms with Gasteiger partial charge in [0.25, 0.3) is 0 Å². The monoisotopic (exact) mass is 334 g/mol. The summed E-state index contributed by atoms with van der Waals surface area (Å²) in [7, 11) is 5.72. The van der Waals surface area contributed by atoms with E-state index in [0.717, 1.165) is 44.0 Å². The van der Waals surface area contributed by atoms with E-state index in [-0.39, 0.29) is 12.1 Å². The van der Waals surface area contributed by atoms with Gasteiger partial charge < -0.3 is 24.8 Å². The van der Waals surface area contributed by atoms with Crippen LogP contribution in [0.25, 0.3) is 0 Å². The van der Waals surface area contributed by atoms with Crippen molar-refractivity contribution in [3.63, 3.8) is 0 Å². The van der Waals surface area contributed by atoms with Crippen LogP contribution in [0.5, 0.6) is 5.75 Å². The summed E-state index contributed by atoms with van der Waals surface area (Å²) in [5.74, 6) is 0.835. The molecule has 2 amide bonds. The van der Waals surface area contributed by atoms with Gasteiger partial charge in [0.05, 0.1) is 13.2 Å². The highest BCUT2D eigenvalue weighted by Gasteiger charge is 2.22. The number of nitrogens with one attached hydrogen (secondary N) is 1. The first kappa shape index (κ1) is 18.5. The number of hydrogen-bond donors (Lipinski definition) is 1. The number of amides is 2. The van der Waals surface area contributed by atoms with Crippen LogP contribution in [0, 0.1) is 0 Å². The molecular weight excluding hydrogens is 304 g/mol. The molecule has 0 aliphatic carbocycles. The maximum absolute atomic E-state index is 12.4. The lowest BCUT2D eigenvalue weighted by atomic mass is 10.1. The van der Waals surface area contributed by atoms with Crippen molar-refractivity contribution in [3.8, 4) is 5.75 Å². The first-order valence-corrected chi connectivity index (χ1v) is 8.60. The summed E-state index contributed by atoms with van der Waals surface area (Å²) in [6, 6.07) is 8.15. The van der Waals surface area contributed by atoms with E-state index in [0.29, 0.717) is 6.54 Å². The molecule has 6 nitrogen and oxygen atoms in total. The summed E-state index contributed by atoms with van der Waals surface area (Å²) >= 11 is 0. The number of carbonyl (C=O) groups excluding carboxylic acids is 1. The Balaban J connectivity index is 1.92. The van der Waals surface area contributed by atoms with E-state index in [2.05, 4.69) is 28.1 Å². The van der Waals surface area contributed by atoms with Crippen LogP contribution in [0.15, 0.2) is 24.3 Å². The standard InChI is InChI=1S/C18H30N4O2/c1-5-21-9-11-22(12-10-21)18(23)19-14-17(20(2)3)15-7-6-8-16(13-15)24-4/h6-8,13,17H,5,9-12,14H2,1-4H3,(H,19,23). The number of methoxy groups -OCH3 is 1. The molecule has 1 saturated heterocycles. The van der Waals surface area contributed by atoms with E-state index >= 15 is 0 Å². The van der Waals surface area contributed by atoms with Crippen LogP contribution >= 0.6 is 0 Å². The summed E-state index contributed by atoms with van der Waals surface area (Å²) in [4.78, 5) is 18.8. The number of urea groups is 1. The molecule has 0 spiro atoms. The van der Waals surface area contributed by atoms with Crippen LogP contribution in [0.3, 0.4) is 0 Å². The number of benzene rings is 1. The van der Waals surface area contributed by atoms with Gasteiger partial charge in [0.1, 0.15) is 5.75 Å². The zero-order valence-corrected chi connectivity index (χ0v) is 15.3. The van der Waals surface area contributed by atoms with Gasteiger partial charge in [-0.2, -0.15) is 0 Å². The summed E-state index contributed by atoms with van der Waals surface area (Å²) in [6.07, 6.45) is 0. The molecule has 1 aromatic rings. The maximum atomic E-state index is 12.4. The Hall–Kier alpha value is -1.79.